The molecule has 3 heteroatoms. The first-order chi connectivity index (χ1) is 7.93. The smallest absolute Gasteiger partial charge is 0.241 e. The van der Waals surface area contributed by atoms with Crippen LogP contribution in [0.2, 0.25) is 0 Å². The van der Waals surface area contributed by atoms with E-state index in [-0.39, 0.29) is 6.04 Å². The summed E-state index contributed by atoms with van der Waals surface area (Å²) in [7, 11) is 0. The molecule has 0 amide bonds. The van der Waals surface area contributed by atoms with Crippen LogP contribution < -0.4 is 0 Å². The zero-order valence-electron chi connectivity index (χ0n) is 8.58. The molecule has 78 valence electrons. The minimum atomic E-state index is 0.0655. The van der Waals surface area contributed by atoms with Crippen molar-refractivity contribution in [1.29, 1.82) is 0 Å². The van der Waals surface area contributed by atoms with Gasteiger partial charge in [-0.05, 0) is 12.1 Å². The number of ether oxygens (including phenoxy) is 1. The lowest BCUT2D eigenvalue weighted by Gasteiger charge is -2.19. The van der Waals surface area contributed by atoms with Gasteiger partial charge in [0, 0.05) is 11.8 Å². The quantitative estimate of drug-likeness (QED) is 0.712. The monoisotopic (exact) mass is 210 g/mol. The maximum atomic E-state index is 5.47. The lowest BCUT2D eigenvalue weighted by atomic mass is 10.0. The maximum Gasteiger partial charge on any atom is 0.241 e. The van der Waals surface area contributed by atoms with E-state index in [1.807, 2.05) is 42.5 Å². The van der Waals surface area contributed by atoms with Gasteiger partial charge in [0.15, 0.2) is 0 Å². The third-order valence-electron chi connectivity index (χ3n) is 2.48. The molecule has 0 saturated carbocycles. The van der Waals surface area contributed by atoms with Crippen molar-refractivity contribution < 1.29 is 4.74 Å². The molecule has 1 atom stereocenters. The second-order valence-electron chi connectivity index (χ2n) is 3.57. The van der Waals surface area contributed by atoms with Gasteiger partial charge in [-0.1, -0.05) is 30.4 Å². The van der Waals surface area contributed by atoms with Crippen LogP contribution in [0.3, 0.4) is 0 Å². The Morgan fingerprint density at radius 2 is 2.19 bits per heavy atom. The van der Waals surface area contributed by atoms with Gasteiger partial charge in [-0.15, -0.1) is 0 Å². The molecule has 1 aliphatic heterocycles. The molecule has 1 aliphatic carbocycles. The van der Waals surface area contributed by atoms with E-state index in [0.29, 0.717) is 5.90 Å². The van der Waals surface area contributed by atoms with Crippen LogP contribution in [-0.4, -0.2) is 16.9 Å². The van der Waals surface area contributed by atoms with Crippen molar-refractivity contribution in [3.05, 3.63) is 66.2 Å². The SMILES string of the molecule is C1=CC2=COC(c3ccccn3)=NC2C=C1. The van der Waals surface area contributed by atoms with Gasteiger partial charge < -0.3 is 4.74 Å². The van der Waals surface area contributed by atoms with Gasteiger partial charge in [0.2, 0.25) is 5.90 Å². The van der Waals surface area contributed by atoms with Crippen molar-refractivity contribution in [2.45, 2.75) is 6.04 Å². The second-order valence-corrected chi connectivity index (χ2v) is 3.57. The topological polar surface area (TPSA) is 34.5 Å². The highest BCUT2D eigenvalue weighted by molar-refractivity contribution is 5.93. The molecule has 0 fully saturated rings. The van der Waals surface area contributed by atoms with Crippen LogP contribution in [0.1, 0.15) is 5.69 Å². The Balaban J connectivity index is 1.93. The highest BCUT2D eigenvalue weighted by Crippen LogP contribution is 2.20. The Hall–Kier alpha value is -2.16. The second kappa shape index (κ2) is 3.77. The molecule has 0 aromatic carbocycles. The Bertz CT molecular complexity index is 512. The molecular formula is C13H10N2O. The number of fused-ring (bicyclic) bond motifs is 1. The molecule has 2 aliphatic rings. The Morgan fingerprint density at radius 3 is 3.06 bits per heavy atom. The predicted octanol–water partition coefficient (Wildman–Crippen LogP) is 2.24. The molecular weight excluding hydrogens is 200 g/mol. The molecule has 0 spiro atoms. The standard InChI is InChI=1S/C13H10N2O/c1-2-6-11-10(5-1)9-16-13(15-11)12-7-3-4-8-14-12/h1-9,11H. The Kier molecular flexibility index (Phi) is 2.14. The van der Waals surface area contributed by atoms with E-state index >= 15 is 0 Å². The summed E-state index contributed by atoms with van der Waals surface area (Å²) in [4.78, 5) is 8.71. The van der Waals surface area contributed by atoms with Gasteiger partial charge in [0.05, 0.1) is 6.26 Å². The van der Waals surface area contributed by atoms with Gasteiger partial charge in [-0.2, -0.15) is 0 Å². The van der Waals surface area contributed by atoms with Crippen LogP contribution in [-0.2, 0) is 4.74 Å². The molecule has 16 heavy (non-hydrogen) atoms. The van der Waals surface area contributed by atoms with Crippen molar-refractivity contribution in [1.82, 2.24) is 4.98 Å². The normalized spacial score (nSPS) is 21.9. The van der Waals surface area contributed by atoms with Crippen LogP contribution >= 0.6 is 0 Å². The van der Waals surface area contributed by atoms with Crippen molar-refractivity contribution in [3.8, 4) is 0 Å². The molecule has 1 aromatic rings. The van der Waals surface area contributed by atoms with Crippen molar-refractivity contribution in [2.75, 3.05) is 0 Å². The average Bonchev–Trinajstić information content (AvgIpc) is 2.39. The van der Waals surface area contributed by atoms with E-state index in [9.17, 15) is 0 Å². The molecule has 3 rings (SSSR count). The van der Waals surface area contributed by atoms with E-state index in [4.69, 9.17) is 4.74 Å². The largest absolute Gasteiger partial charge is 0.445 e. The highest BCUT2D eigenvalue weighted by atomic mass is 16.5. The van der Waals surface area contributed by atoms with Gasteiger partial charge in [0.1, 0.15) is 11.7 Å². The van der Waals surface area contributed by atoms with Gasteiger partial charge in [-0.3, -0.25) is 4.98 Å². The lowest BCUT2D eigenvalue weighted by Crippen LogP contribution is -2.18. The first kappa shape index (κ1) is 9.09. The minimum Gasteiger partial charge on any atom is -0.445 e. The van der Waals surface area contributed by atoms with E-state index in [1.54, 1.807) is 12.5 Å². The molecule has 1 unspecified atom stereocenters. The lowest BCUT2D eigenvalue weighted by molar-refractivity contribution is 0.448. The van der Waals surface area contributed by atoms with E-state index in [1.165, 1.54) is 0 Å². The fourth-order valence-corrected chi connectivity index (χ4v) is 1.67. The molecule has 1 aromatic heterocycles. The molecule has 0 bridgehead atoms. The summed E-state index contributed by atoms with van der Waals surface area (Å²) in [6.45, 7) is 0. The molecule has 3 nitrogen and oxygen atoms in total. The van der Waals surface area contributed by atoms with E-state index in [0.717, 1.165) is 11.3 Å². The van der Waals surface area contributed by atoms with Gasteiger partial charge in [0.25, 0.3) is 0 Å². The number of aromatic nitrogens is 1. The zero-order chi connectivity index (χ0) is 10.8. The minimum absolute atomic E-state index is 0.0655. The highest BCUT2D eigenvalue weighted by Gasteiger charge is 2.18. The fraction of sp³-hybridized carbons (Fsp3) is 0.0769. The van der Waals surface area contributed by atoms with Crippen LogP contribution in [0.15, 0.2) is 65.5 Å². The fourth-order valence-electron chi connectivity index (χ4n) is 1.67. The number of rotatable bonds is 1. The summed E-state index contributed by atoms with van der Waals surface area (Å²) in [5.41, 5.74) is 1.84. The summed E-state index contributed by atoms with van der Waals surface area (Å²) in [5, 5.41) is 0. The number of allylic oxidation sites excluding steroid dienone is 2. The summed E-state index contributed by atoms with van der Waals surface area (Å²) < 4.78 is 5.47. The number of hydrogen-bond donors (Lipinski definition) is 0. The third-order valence-corrected chi connectivity index (χ3v) is 2.48. The zero-order valence-corrected chi connectivity index (χ0v) is 8.58. The number of nitrogens with zero attached hydrogens (tertiary/aromatic N) is 2. The third kappa shape index (κ3) is 1.56. The van der Waals surface area contributed by atoms with Crippen molar-refractivity contribution in [3.63, 3.8) is 0 Å². The molecule has 0 saturated heterocycles. The first-order valence-corrected chi connectivity index (χ1v) is 5.14. The molecule has 0 radical (unpaired) electrons. The van der Waals surface area contributed by atoms with Crippen LogP contribution in [0.5, 0.6) is 0 Å². The van der Waals surface area contributed by atoms with Crippen LogP contribution in [0.4, 0.5) is 0 Å². The number of hydrogen-bond acceptors (Lipinski definition) is 3. The first-order valence-electron chi connectivity index (χ1n) is 5.14. The van der Waals surface area contributed by atoms with Gasteiger partial charge >= 0.3 is 0 Å². The van der Waals surface area contributed by atoms with E-state index in [2.05, 4.69) is 9.98 Å². The Labute approximate surface area is 93.5 Å². The summed E-state index contributed by atoms with van der Waals surface area (Å²) in [5.74, 6) is 0.578. The van der Waals surface area contributed by atoms with Crippen LogP contribution in [0, 0.1) is 0 Å². The maximum absolute atomic E-state index is 5.47. The van der Waals surface area contributed by atoms with Crippen molar-refractivity contribution >= 4 is 5.90 Å². The van der Waals surface area contributed by atoms with Crippen molar-refractivity contribution in [2.24, 2.45) is 4.99 Å². The summed E-state index contributed by atoms with van der Waals surface area (Å²) in [6, 6.07) is 5.75. The predicted molar refractivity (Wildman–Crippen MR) is 62.0 cm³/mol. The number of aliphatic imine (C=N–C) groups is 1. The number of pyridine rings is 1. The molecule has 2 heterocycles. The summed E-state index contributed by atoms with van der Waals surface area (Å²) in [6.07, 6.45) is 11.5. The van der Waals surface area contributed by atoms with Crippen LogP contribution in [0.25, 0.3) is 0 Å². The van der Waals surface area contributed by atoms with E-state index < -0.39 is 0 Å². The van der Waals surface area contributed by atoms with Gasteiger partial charge in [-0.25, -0.2) is 4.99 Å². The summed E-state index contributed by atoms with van der Waals surface area (Å²) >= 11 is 0. The average molecular weight is 210 g/mol. The molecule has 0 N–H and O–H groups in total. The Morgan fingerprint density at radius 1 is 1.19 bits per heavy atom.